The molecule has 6 heteroatoms. The lowest BCUT2D eigenvalue weighted by Gasteiger charge is -2.18. The number of aromatic nitrogens is 2. The molecule has 4 nitrogen and oxygen atoms in total. The zero-order valence-electron chi connectivity index (χ0n) is 18.6. The lowest BCUT2D eigenvalue weighted by atomic mass is 10.0. The first-order valence-corrected chi connectivity index (χ1v) is 12.2. The summed E-state index contributed by atoms with van der Waals surface area (Å²) in [4.78, 5) is 16.8. The number of Topliss-reactive ketones (excluding diaryl/α,β-unsaturated/α-hetero) is 1. The van der Waals surface area contributed by atoms with Crippen LogP contribution in [0.2, 0.25) is 0 Å². The number of benzene rings is 2. The fourth-order valence-corrected chi connectivity index (χ4v) is 5.19. The third-order valence-electron chi connectivity index (χ3n) is 6.57. The average molecular weight is 481 g/mol. The summed E-state index contributed by atoms with van der Waals surface area (Å²) in [5.74, 6) is 2.03. The molecule has 1 heterocycles. The highest BCUT2D eigenvalue weighted by Gasteiger charge is 2.24. The summed E-state index contributed by atoms with van der Waals surface area (Å²) in [5, 5.41) is 1.20. The van der Waals surface area contributed by atoms with Crippen LogP contribution in [0.3, 0.4) is 0 Å². The summed E-state index contributed by atoms with van der Waals surface area (Å²) in [5.41, 5.74) is 3.71. The molecule has 2 aromatic carbocycles. The van der Waals surface area contributed by atoms with Gasteiger partial charge in [-0.15, -0.1) is 0 Å². The minimum absolute atomic E-state index is 0.0576. The minimum atomic E-state index is 0.0576. The van der Waals surface area contributed by atoms with Crippen molar-refractivity contribution in [1.29, 1.82) is 0 Å². The van der Waals surface area contributed by atoms with Crippen LogP contribution in [-0.2, 0) is 0 Å². The molecule has 0 radical (unpaired) electrons. The first kappa shape index (κ1) is 22.2. The molecule has 0 unspecified atom stereocenters. The fourth-order valence-electron chi connectivity index (χ4n) is 4.78. The second-order valence-electron chi connectivity index (χ2n) is 8.90. The van der Waals surface area contributed by atoms with E-state index < -0.39 is 0 Å². The summed E-state index contributed by atoms with van der Waals surface area (Å²) in [7, 11) is 0. The fraction of sp³-hybridized carbons (Fsp3) is 0.333. The summed E-state index contributed by atoms with van der Waals surface area (Å²) < 4.78 is 8.38. The van der Waals surface area contributed by atoms with Crippen LogP contribution >= 0.6 is 23.2 Å². The molecule has 1 atom stereocenters. The van der Waals surface area contributed by atoms with Gasteiger partial charge in [0, 0.05) is 23.1 Å². The largest absolute Gasteiger partial charge is 0.493 e. The molecule has 0 aliphatic heterocycles. The number of fused-ring (bicyclic) bond motifs is 1. The van der Waals surface area contributed by atoms with Crippen LogP contribution in [0.5, 0.6) is 5.75 Å². The Bertz CT molecular complexity index is 1250. The maximum Gasteiger partial charge on any atom is 0.159 e. The maximum absolute atomic E-state index is 11.9. The van der Waals surface area contributed by atoms with Crippen LogP contribution in [0.25, 0.3) is 22.4 Å². The van der Waals surface area contributed by atoms with Crippen LogP contribution in [0.4, 0.5) is 0 Å². The van der Waals surface area contributed by atoms with E-state index in [0.717, 1.165) is 47.4 Å². The number of ether oxygens (including phenoxy) is 1. The number of ketones is 1. The molecule has 1 fully saturated rings. The number of allylic oxidation sites excluding steroid dienone is 3. The number of carbonyl (C=O) groups excluding carboxylic acids is 1. The predicted molar refractivity (Wildman–Crippen MR) is 134 cm³/mol. The molecule has 2 aliphatic carbocycles. The molecule has 1 aromatic heterocycles. The number of nitrogens with zero attached hydrogens (tertiary/aromatic N) is 2. The number of halogens is 2. The third kappa shape index (κ3) is 4.60. The Balaban J connectivity index is 1.41. The van der Waals surface area contributed by atoms with Crippen molar-refractivity contribution in [2.24, 2.45) is 5.92 Å². The number of imidazole rings is 1. The molecule has 0 bridgehead atoms. The van der Waals surface area contributed by atoms with E-state index in [-0.39, 0.29) is 11.7 Å². The predicted octanol–water partition coefficient (Wildman–Crippen LogP) is 7.67. The highest BCUT2D eigenvalue weighted by atomic mass is 35.5. The van der Waals surface area contributed by atoms with E-state index in [4.69, 9.17) is 32.9 Å². The standard InChI is InChI=1S/C27H26Cl2N2O2/c1-17(32)20-9-13-26-25(15-20)30-27(31(26)21-4-2-3-5-21)19-7-10-22(11-8-19)33-16-18-6-12-23(28)24(29)14-18/h7-15,18,21H,2-6,16H2,1H3/t18-/m1/s1. The van der Waals surface area contributed by atoms with Crippen LogP contribution in [-0.4, -0.2) is 21.9 Å². The van der Waals surface area contributed by atoms with Crippen molar-refractivity contribution < 1.29 is 9.53 Å². The molecule has 0 amide bonds. The Labute approximate surface area is 203 Å². The highest BCUT2D eigenvalue weighted by molar-refractivity contribution is 6.44. The van der Waals surface area contributed by atoms with Crippen LogP contribution < -0.4 is 4.74 Å². The van der Waals surface area contributed by atoms with Crippen molar-refractivity contribution in [3.8, 4) is 17.1 Å². The average Bonchev–Trinajstić information content (AvgIpc) is 3.47. The van der Waals surface area contributed by atoms with Gasteiger partial charge in [0.25, 0.3) is 0 Å². The first-order valence-electron chi connectivity index (χ1n) is 11.5. The molecule has 0 saturated heterocycles. The van der Waals surface area contributed by atoms with Gasteiger partial charge < -0.3 is 9.30 Å². The van der Waals surface area contributed by atoms with Crippen molar-refractivity contribution in [3.63, 3.8) is 0 Å². The van der Waals surface area contributed by atoms with Gasteiger partial charge in [-0.3, -0.25) is 4.79 Å². The molecule has 170 valence electrons. The summed E-state index contributed by atoms with van der Waals surface area (Å²) >= 11 is 12.2. The molecule has 5 rings (SSSR count). The molecule has 1 saturated carbocycles. The van der Waals surface area contributed by atoms with Crippen LogP contribution in [0.15, 0.2) is 64.7 Å². The second kappa shape index (κ2) is 9.36. The van der Waals surface area contributed by atoms with Gasteiger partial charge in [0.15, 0.2) is 5.78 Å². The molecule has 33 heavy (non-hydrogen) atoms. The Morgan fingerprint density at radius 1 is 1.09 bits per heavy atom. The number of hydrogen-bond acceptors (Lipinski definition) is 3. The van der Waals surface area contributed by atoms with Gasteiger partial charge >= 0.3 is 0 Å². The molecule has 3 aromatic rings. The number of carbonyl (C=O) groups is 1. The van der Waals surface area contributed by atoms with E-state index in [1.807, 2.05) is 42.5 Å². The van der Waals surface area contributed by atoms with Crippen molar-refractivity contribution in [1.82, 2.24) is 9.55 Å². The quantitative estimate of drug-likeness (QED) is 0.340. The van der Waals surface area contributed by atoms with Gasteiger partial charge in [-0.1, -0.05) is 48.2 Å². The minimum Gasteiger partial charge on any atom is -0.493 e. The van der Waals surface area contributed by atoms with E-state index in [2.05, 4.69) is 16.7 Å². The van der Waals surface area contributed by atoms with Gasteiger partial charge in [-0.05, 0) is 68.7 Å². The van der Waals surface area contributed by atoms with Crippen molar-refractivity contribution in [3.05, 3.63) is 70.2 Å². The molecular formula is C27H26Cl2N2O2. The van der Waals surface area contributed by atoms with Gasteiger partial charge in [0.1, 0.15) is 11.6 Å². The lowest BCUT2D eigenvalue weighted by molar-refractivity contribution is 0.101. The van der Waals surface area contributed by atoms with Crippen LogP contribution in [0, 0.1) is 5.92 Å². The monoisotopic (exact) mass is 480 g/mol. The highest BCUT2D eigenvalue weighted by Crippen LogP contribution is 2.37. The van der Waals surface area contributed by atoms with E-state index in [1.54, 1.807) is 6.92 Å². The Hall–Kier alpha value is -2.56. The third-order valence-corrected chi connectivity index (χ3v) is 7.36. The maximum atomic E-state index is 11.9. The van der Waals surface area contributed by atoms with Gasteiger partial charge in [-0.2, -0.15) is 0 Å². The van der Waals surface area contributed by atoms with E-state index in [1.165, 1.54) is 12.8 Å². The number of hydrogen-bond donors (Lipinski definition) is 0. The van der Waals surface area contributed by atoms with E-state index in [0.29, 0.717) is 28.3 Å². The van der Waals surface area contributed by atoms with Crippen LogP contribution in [0.1, 0.15) is 55.4 Å². The van der Waals surface area contributed by atoms with Gasteiger partial charge in [0.2, 0.25) is 0 Å². The second-order valence-corrected chi connectivity index (χ2v) is 9.72. The molecule has 0 spiro atoms. The van der Waals surface area contributed by atoms with Gasteiger partial charge in [0.05, 0.1) is 27.7 Å². The first-order chi connectivity index (χ1) is 16.0. The van der Waals surface area contributed by atoms with E-state index >= 15 is 0 Å². The normalized spacial score (nSPS) is 18.9. The zero-order valence-corrected chi connectivity index (χ0v) is 20.1. The smallest absolute Gasteiger partial charge is 0.159 e. The summed E-state index contributed by atoms with van der Waals surface area (Å²) in [6.45, 7) is 2.14. The molecule has 2 aliphatic rings. The number of rotatable bonds is 6. The van der Waals surface area contributed by atoms with Crippen molar-refractivity contribution >= 4 is 40.0 Å². The SMILES string of the molecule is CC(=O)c1ccc2c(c1)nc(-c1ccc(OC[C@H]3C=C(Cl)C(Cl)=CC3)cc1)n2C1CCCC1. The lowest BCUT2D eigenvalue weighted by Crippen LogP contribution is -2.11. The topological polar surface area (TPSA) is 44.1 Å². The van der Waals surface area contributed by atoms with Crippen molar-refractivity contribution in [2.75, 3.05) is 6.61 Å². The van der Waals surface area contributed by atoms with Gasteiger partial charge in [-0.25, -0.2) is 4.98 Å². The molecular weight excluding hydrogens is 455 g/mol. The zero-order chi connectivity index (χ0) is 22.9. The summed E-state index contributed by atoms with van der Waals surface area (Å²) in [6, 6.07) is 14.4. The Morgan fingerprint density at radius 3 is 2.55 bits per heavy atom. The van der Waals surface area contributed by atoms with Crippen molar-refractivity contribution in [2.45, 2.75) is 45.1 Å². The Kier molecular flexibility index (Phi) is 6.31. The van der Waals surface area contributed by atoms with E-state index in [9.17, 15) is 4.79 Å². The Morgan fingerprint density at radius 2 is 1.85 bits per heavy atom. The summed E-state index contributed by atoms with van der Waals surface area (Å²) in [6.07, 6.45) is 9.50. The molecule has 0 N–H and O–H groups in total.